The molecule has 2 aromatic rings. The molecule has 0 fully saturated rings. The second kappa shape index (κ2) is 8.04. The van der Waals surface area contributed by atoms with E-state index in [0.29, 0.717) is 19.0 Å². The van der Waals surface area contributed by atoms with Gasteiger partial charge in [0.15, 0.2) is 5.76 Å². The first kappa shape index (κ1) is 15.0. The third-order valence-electron chi connectivity index (χ3n) is 2.69. The molecule has 0 atom stereocenters. The van der Waals surface area contributed by atoms with E-state index in [1.165, 1.54) is 0 Å². The Kier molecular flexibility index (Phi) is 6.04. The van der Waals surface area contributed by atoms with E-state index in [-0.39, 0.29) is 0 Å². The van der Waals surface area contributed by atoms with Crippen molar-refractivity contribution in [2.75, 3.05) is 20.3 Å². The Bertz CT molecular complexity index is 517. The highest BCUT2D eigenvalue weighted by Crippen LogP contribution is 2.23. The molecule has 0 aliphatic rings. The zero-order valence-corrected chi connectivity index (χ0v) is 12.9. The number of rotatable bonds is 8. The predicted octanol–water partition coefficient (Wildman–Crippen LogP) is 2.75. The third kappa shape index (κ3) is 4.63. The molecule has 0 saturated carbocycles. The normalized spacial score (nSPS) is 10.7. The molecule has 0 spiro atoms. The van der Waals surface area contributed by atoms with E-state index < -0.39 is 0 Å². The number of hydrogen-bond donors (Lipinski definition) is 1. The molecule has 5 nitrogen and oxygen atoms in total. The van der Waals surface area contributed by atoms with Gasteiger partial charge in [-0.2, -0.15) is 0 Å². The fourth-order valence-electron chi connectivity index (χ4n) is 1.64. The van der Waals surface area contributed by atoms with Gasteiger partial charge in [-0.05, 0) is 23.8 Å². The molecule has 1 aromatic carbocycles. The van der Waals surface area contributed by atoms with Crippen LogP contribution in [0.5, 0.6) is 5.75 Å². The number of aromatic nitrogens is 1. The third-order valence-corrected chi connectivity index (χ3v) is 3.46. The van der Waals surface area contributed by atoms with E-state index in [0.717, 1.165) is 28.9 Å². The van der Waals surface area contributed by atoms with Crippen molar-refractivity contribution in [3.05, 3.63) is 46.3 Å². The van der Waals surface area contributed by atoms with Crippen LogP contribution >= 0.6 is 15.9 Å². The molecule has 0 amide bonds. The lowest BCUT2D eigenvalue weighted by Gasteiger charge is -2.10. The Morgan fingerprint density at radius 3 is 3.00 bits per heavy atom. The van der Waals surface area contributed by atoms with E-state index in [9.17, 15) is 0 Å². The van der Waals surface area contributed by atoms with Crippen LogP contribution in [0.1, 0.15) is 11.3 Å². The Labute approximate surface area is 126 Å². The maximum atomic E-state index is 5.67. The minimum atomic E-state index is 0.373. The zero-order chi connectivity index (χ0) is 14.2. The van der Waals surface area contributed by atoms with Crippen LogP contribution in [0, 0.1) is 0 Å². The van der Waals surface area contributed by atoms with Crippen molar-refractivity contribution >= 4 is 15.9 Å². The van der Waals surface area contributed by atoms with E-state index in [1.807, 2.05) is 18.2 Å². The second-order valence-electron chi connectivity index (χ2n) is 4.19. The molecule has 20 heavy (non-hydrogen) atoms. The number of halogens is 1. The molecule has 0 aliphatic heterocycles. The van der Waals surface area contributed by atoms with Crippen molar-refractivity contribution in [1.82, 2.24) is 10.5 Å². The van der Waals surface area contributed by atoms with Gasteiger partial charge in [-0.1, -0.05) is 21.1 Å². The van der Waals surface area contributed by atoms with E-state index in [4.69, 9.17) is 14.0 Å². The van der Waals surface area contributed by atoms with E-state index in [1.54, 1.807) is 19.4 Å². The summed E-state index contributed by atoms with van der Waals surface area (Å²) >= 11 is 3.53. The SMILES string of the molecule is COCCNCc1cc(OCc2ccno2)ccc1Br. The largest absolute Gasteiger partial charge is 0.486 e. The molecule has 1 N–H and O–H groups in total. The first-order valence-corrected chi connectivity index (χ1v) is 7.09. The Morgan fingerprint density at radius 2 is 2.25 bits per heavy atom. The Morgan fingerprint density at radius 1 is 1.35 bits per heavy atom. The lowest BCUT2D eigenvalue weighted by atomic mass is 10.2. The summed E-state index contributed by atoms with van der Waals surface area (Å²) in [4.78, 5) is 0. The van der Waals surface area contributed by atoms with Gasteiger partial charge in [0, 0.05) is 30.7 Å². The average molecular weight is 341 g/mol. The lowest BCUT2D eigenvalue weighted by molar-refractivity contribution is 0.199. The van der Waals surface area contributed by atoms with Crippen LogP contribution in [0.2, 0.25) is 0 Å². The molecule has 0 saturated heterocycles. The van der Waals surface area contributed by atoms with Crippen molar-refractivity contribution < 1.29 is 14.0 Å². The van der Waals surface area contributed by atoms with Crippen LogP contribution in [0.3, 0.4) is 0 Å². The summed E-state index contributed by atoms with van der Waals surface area (Å²) in [7, 11) is 1.69. The van der Waals surface area contributed by atoms with Crippen molar-refractivity contribution in [2.45, 2.75) is 13.2 Å². The van der Waals surface area contributed by atoms with Crippen LogP contribution in [0.15, 0.2) is 39.5 Å². The fourth-order valence-corrected chi connectivity index (χ4v) is 2.03. The summed E-state index contributed by atoms with van der Waals surface area (Å²) in [5, 5.41) is 6.94. The van der Waals surface area contributed by atoms with Crippen molar-refractivity contribution in [2.24, 2.45) is 0 Å². The van der Waals surface area contributed by atoms with Crippen molar-refractivity contribution in [1.29, 1.82) is 0 Å². The molecule has 108 valence electrons. The molecule has 0 radical (unpaired) electrons. The minimum absolute atomic E-state index is 0.373. The second-order valence-corrected chi connectivity index (χ2v) is 5.04. The van der Waals surface area contributed by atoms with Gasteiger partial charge in [-0.25, -0.2) is 0 Å². The average Bonchev–Trinajstić information content (AvgIpc) is 2.97. The summed E-state index contributed by atoms with van der Waals surface area (Å²) in [6.07, 6.45) is 1.60. The fraction of sp³-hybridized carbons (Fsp3) is 0.357. The van der Waals surface area contributed by atoms with Crippen LogP contribution in [0.25, 0.3) is 0 Å². The maximum Gasteiger partial charge on any atom is 0.174 e. The quantitative estimate of drug-likeness (QED) is 0.749. The summed E-state index contributed by atoms with van der Waals surface area (Å²) < 4.78 is 16.7. The highest BCUT2D eigenvalue weighted by atomic mass is 79.9. The molecule has 6 heteroatoms. The van der Waals surface area contributed by atoms with Gasteiger partial charge < -0.3 is 19.3 Å². The number of hydrogen-bond acceptors (Lipinski definition) is 5. The first-order chi connectivity index (χ1) is 9.79. The molecule has 0 unspecified atom stereocenters. The van der Waals surface area contributed by atoms with Gasteiger partial charge in [-0.3, -0.25) is 0 Å². The van der Waals surface area contributed by atoms with Crippen LogP contribution in [0.4, 0.5) is 0 Å². The van der Waals surface area contributed by atoms with Crippen LogP contribution in [-0.2, 0) is 17.9 Å². The van der Waals surface area contributed by atoms with Gasteiger partial charge in [0.2, 0.25) is 0 Å². The summed E-state index contributed by atoms with van der Waals surface area (Å²) in [6.45, 7) is 2.63. The molecular weight excluding hydrogens is 324 g/mol. The molecule has 0 aliphatic carbocycles. The summed E-state index contributed by atoms with van der Waals surface area (Å²) in [5.41, 5.74) is 1.14. The molecule has 2 rings (SSSR count). The summed E-state index contributed by atoms with van der Waals surface area (Å²) in [5.74, 6) is 1.50. The van der Waals surface area contributed by atoms with Gasteiger partial charge >= 0.3 is 0 Å². The lowest BCUT2D eigenvalue weighted by Crippen LogP contribution is -2.18. The molecule has 1 aromatic heterocycles. The minimum Gasteiger partial charge on any atom is -0.486 e. The standard InChI is InChI=1S/C14H17BrN2O3/c1-18-7-6-16-9-11-8-12(2-3-14(11)15)19-10-13-4-5-17-20-13/h2-5,8,16H,6-7,9-10H2,1H3. The van der Waals surface area contributed by atoms with Crippen LogP contribution < -0.4 is 10.1 Å². The molecule has 1 heterocycles. The summed E-state index contributed by atoms with van der Waals surface area (Å²) in [6, 6.07) is 7.68. The van der Waals surface area contributed by atoms with E-state index in [2.05, 4.69) is 26.4 Å². The predicted molar refractivity (Wildman–Crippen MR) is 78.6 cm³/mol. The van der Waals surface area contributed by atoms with Gasteiger partial charge in [0.05, 0.1) is 12.8 Å². The smallest absolute Gasteiger partial charge is 0.174 e. The maximum absolute atomic E-state index is 5.67. The molecule has 0 bridgehead atoms. The molecular formula is C14H17BrN2O3. The van der Waals surface area contributed by atoms with Gasteiger partial charge in [-0.15, -0.1) is 0 Å². The highest BCUT2D eigenvalue weighted by Gasteiger charge is 2.04. The number of nitrogens with zero attached hydrogens (tertiary/aromatic N) is 1. The Hall–Kier alpha value is -1.37. The van der Waals surface area contributed by atoms with Crippen LogP contribution in [-0.4, -0.2) is 25.4 Å². The first-order valence-electron chi connectivity index (χ1n) is 6.30. The van der Waals surface area contributed by atoms with Crippen molar-refractivity contribution in [3.8, 4) is 5.75 Å². The van der Waals surface area contributed by atoms with Crippen molar-refractivity contribution in [3.63, 3.8) is 0 Å². The monoisotopic (exact) mass is 340 g/mol. The number of nitrogens with one attached hydrogen (secondary N) is 1. The Balaban J connectivity index is 1.90. The van der Waals surface area contributed by atoms with Gasteiger partial charge in [0.25, 0.3) is 0 Å². The highest BCUT2D eigenvalue weighted by molar-refractivity contribution is 9.10. The number of methoxy groups -OCH3 is 1. The van der Waals surface area contributed by atoms with E-state index >= 15 is 0 Å². The topological polar surface area (TPSA) is 56.5 Å². The number of benzene rings is 1. The van der Waals surface area contributed by atoms with Gasteiger partial charge in [0.1, 0.15) is 12.4 Å². The zero-order valence-electron chi connectivity index (χ0n) is 11.3. The number of ether oxygens (including phenoxy) is 2.